The maximum absolute atomic E-state index is 15.0. The third kappa shape index (κ3) is 6.98. The number of imide groups is 1. The SMILES string of the molecule is CCOC(=O)C(=O)N(CCCN1C(=O)c2ccccc2C1=O)[C@@H](c1nc(-c2cc(F)ccc2F)cn1Cc1ccccc1)C(C)(C)C. The Hall–Kier alpha value is -5.19. The summed E-state index contributed by atoms with van der Waals surface area (Å²) in [7, 11) is 0. The lowest BCUT2D eigenvalue weighted by Crippen LogP contribution is -2.47. The first-order chi connectivity index (χ1) is 22.4. The Morgan fingerprint density at radius 3 is 2.17 bits per heavy atom. The number of esters is 1. The molecule has 244 valence electrons. The largest absolute Gasteiger partial charge is 0.459 e. The van der Waals surface area contributed by atoms with Crippen LogP contribution in [0.25, 0.3) is 11.3 Å². The number of hydrogen-bond donors (Lipinski definition) is 0. The third-order valence-electron chi connectivity index (χ3n) is 7.95. The molecule has 1 aliphatic rings. The van der Waals surface area contributed by atoms with E-state index in [2.05, 4.69) is 0 Å². The number of carbonyl (C=O) groups is 4. The molecule has 1 atom stereocenters. The standard InChI is InChI=1S/C36H36F2N4O5/c1-5-47-35(46)34(45)41(18-11-19-42-32(43)25-14-9-10-15-26(25)33(42)44)30(36(2,3)4)31-39-29(27-20-24(37)16-17-28(27)38)22-40(31)21-23-12-7-6-8-13-23/h6-10,12-17,20,22,30H,5,11,18-19,21H2,1-4H3/t30-/m0/s1. The predicted molar refractivity (Wildman–Crippen MR) is 170 cm³/mol. The number of amides is 3. The highest BCUT2D eigenvalue weighted by Crippen LogP contribution is 2.40. The van der Waals surface area contributed by atoms with Crippen LogP contribution in [-0.4, -0.2) is 62.7 Å². The minimum atomic E-state index is -1.07. The first-order valence-corrected chi connectivity index (χ1v) is 15.4. The first-order valence-electron chi connectivity index (χ1n) is 15.4. The quantitative estimate of drug-likeness (QED) is 0.119. The monoisotopic (exact) mass is 642 g/mol. The van der Waals surface area contributed by atoms with E-state index in [9.17, 15) is 23.6 Å². The van der Waals surface area contributed by atoms with Crippen molar-refractivity contribution in [3.05, 3.63) is 113 Å². The van der Waals surface area contributed by atoms with E-state index in [-0.39, 0.29) is 43.9 Å². The van der Waals surface area contributed by atoms with Crippen LogP contribution in [0.15, 0.2) is 79.0 Å². The molecule has 0 N–H and O–H groups in total. The molecule has 0 unspecified atom stereocenters. The molecule has 0 spiro atoms. The van der Waals surface area contributed by atoms with Gasteiger partial charge in [-0.2, -0.15) is 0 Å². The van der Waals surface area contributed by atoms with Gasteiger partial charge in [-0.15, -0.1) is 0 Å². The summed E-state index contributed by atoms with van der Waals surface area (Å²) in [5.41, 5.74) is 0.847. The van der Waals surface area contributed by atoms with Crippen LogP contribution in [0.1, 0.15) is 72.3 Å². The molecular formula is C36H36F2N4O5. The van der Waals surface area contributed by atoms with Crippen molar-refractivity contribution in [2.24, 2.45) is 5.41 Å². The number of nitrogens with zero attached hydrogens (tertiary/aromatic N) is 4. The maximum Gasteiger partial charge on any atom is 0.397 e. The smallest absolute Gasteiger partial charge is 0.397 e. The molecule has 1 aromatic heterocycles. The number of imidazole rings is 1. The van der Waals surface area contributed by atoms with Crippen LogP contribution in [0.4, 0.5) is 8.78 Å². The molecule has 3 amide bonds. The zero-order chi connectivity index (χ0) is 33.9. The Morgan fingerprint density at radius 2 is 1.55 bits per heavy atom. The highest BCUT2D eigenvalue weighted by Gasteiger charge is 2.41. The Bertz CT molecular complexity index is 1780. The number of rotatable bonds is 10. The van der Waals surface area contributed by atoms with Crippen LogP contribution < -0.4 is 0 Å². The van der Waals surface area contributed by atoms with Gasteiger partial charge in [0.05, 0.1) is 29.5 Å². The van der Waals surface area contributed by atoms with Crippen LogP contribution in [-0.2, 0) is 20.9 Å². The molecular weight excluding hydrogens is 606 g/mol. The van der Waals surface area contributed by atoms with E-state index in [4.69, 9.17) is 9.72 Å². The molecule has 4 aromatic rings. The second-order valence-corrected chi connectivity index (χ2v) is 12.4. The summed E-state index contributed by atoms with van der Waals surface area (Å²) >= 11 is 0. The summed E-state index contributed by atoms with van der Waals surface area (Å²) in [5, 5.41) is 0. The fraction of sp³-hybridized carbons (Fsp3) is 0.306. The summed E-state index contributed by atoms with van der Waals surface area (Å²) in [4.78, 5) is 60.1. The molecule has 0 bridgehead atoms. The lowest BCUT2D eigenvalue weighted by atomic mass is 9.84. The van der Waals surface area contributed by atoms with Gasteiger partial charge in [0.25, 0.3) is 11.8 Å². The highest BCUT2D eigenvalue weighted by atomic mass is 19.1. The Morgan fingerprint density at radius 1 is 0.915 bits per heavy atom. The van der Waals surface area contributed by atoms with E-state index in [0.29, 0.717) is 17.0 Å². The molecule has 0 radical (unpaired) electrons. The summed E-state index contributed by atoms with van der Waals surface area (Å²) < 4.78 is 36.2. The first kappa shape index (κ1) is 33.2. The summed E-state index contributed by atoms with van der Waals surface area (Å²) in [6, 6.07) is 18.2. The summed E-state index contributed by atoms with van der Waals surface area (Å²) in [5.74, 6) is -3.83. The van der Waals surface area contributed by atoms with E-state index < -0.39 is 46.8 Å². The summed E-state index contributed by atoms with van der Waals surface area (Å²) in [6.07, 6.45) is 1.75. The molecule has 1 aliphatic heterocycles. The van der Waals surface area contributed by atoms with Gasteiger partial charge in [-0.05, 0) is 54.7 Å². The number of benzene rings is 3. The van der Waals surface area contributed by atoms with Gasteiger partial charge in [-0.1, -0.05) is 63.2 Å². The number of fused-ring (bicyclic) bond motifs is 1. The van der Waals surface area contributed by atoms with Crippen molar-refractivity contribution < 1.29 is 32.7 Å². The van der Waals surface area contributed by atoms with Crippen molar-refractivity contribution in [2.75, 3.05) is 19.7 Å². The predicted octanol–water partition coefficient (Wildman–Crippen LogP) is 6.04. The van der Waals surface area contributed by atoms with Gasteiger partial charge in [0.2, 0.25) is 0 Å². The van der Waals surface area contributed by atoms with Gasteiger partial charge >= 0.3 is 11.9 Å². The summed E-state index contributed by atoms with van der Waals surface area (Å²) in [6.45, 7) is 7.41. The van der Waals surface area contributed by atoms with E-state index in [1.807, 2.05) is 51.1 Å². The van der Waals surface area contributed by atoms with Crippen LogP contribution in [0, 0.1) is 17.0 Å². The Kier molecular flexibility index (Phi) is 9.64. The van der Waals surface area contributed by atoms with Gasteiger partial charge in [0.15, 0.2) is 0 Å². The lowest BCUT2D eigenvalue weighted by Gasteiger charge is -2.39. The second kappa shape index (κ2) is 13.7. The van der Waals surface area contributed by atoms with Crippen LogP contribution in [0.5, 0.6) is 0 Å². The fourth-order valence-corrected chi connectivity index (χ4v) is 5.87. The van der Waals surface area contributed by atoms with Crippen molar-refractivity contribution in [1.82, 2.24) is 19.4 Å². The van der Waals surface area contributed by atoms with Gasteiger partial charge in [-0.25, -0.2) is 18.6 Å². The minimum absolute atomic E-state index is 0.00593. The molecule has 0 saturated heterocycles. The second-order valence-electron chi connectivity index (χ2n) is 12.4. The van der Waals surface area contributed by atoms with Crippen LogP contribution >= 0.6 is 0 Å². The molecule has 0 aliphatic carbocycles. The fourth-order valence-electron chi connectivity index (χ4n) is 5.87. The van der Waals surface area contributed by atoms with Crippen molar-refractivity contribution >= 4 is 23.7 Å². The average molecular weight is 643 g/mol. The van der Waals surface area contributed by atoms with E-state index in [1.165, 1.54) is 4.90 Å². The van der Waals surface area contributed by atoms with Crippen molar-refractivity contribution in [3.63, 3.8) is 0 Å². The van der Waals surface area contributed by atoms with Gasteiger partial charge < -0.3 is 14.2 Å². The molecule has 3 aromatic carbocycles. The number of carbonyl (C=O) groups excluding carboxylic acids is 4. The molecule has 5 rings (SSSR count). The van der Waals surface area contributed by atoms with Crippen molar-refractivity contribution in [3.8, 4) is 11.3 Å². The Balaban J connectivity index is 1.56. The van der Waals surface area contributed by atoms with Crippen LogP contribution in [0.2, 0.25) is 0 Å². The van der Waals surface area contributed by atoms with Gasteiger partial charge in [-0.3, -0.25) is 19.3 Å². The Labute approximate surface area is 271 Å². The van der Waals surface area contributed by atoms with E-state index in [0.717, 1.165) is 28.7 Å². The number of hydrogen-bond acceptors (Lipinski definition) is 6. The molecule has 47 heavy (non-hydrogen) atoms. The van der Waals surface area contributed by atoms with Crippen molar-refractivity contribution in [2.45, 2.75) is 46.7 Å². The van der Waals surface area contributed by atoms with E-state index in [1.54, 1.807) is 42.0 Å². The molecule has 0 saturated carbocycles. The zero-order valence-corrected chi connectivity index (χ0v) is 26.7. The topological polar surface area (TPSA) is 102 Å². The molecule has 11 heteroatoms. The highest BCUT2D eigenvalue weighted by molar-refractivity contribution is 6.32. The normalized spacial score (nSPS) is 13.4. The third-order valence-corrected chi connectivity index (χ3v) is 7.95. The zero-order valence-electron chi connectivity index (χ0n) is 26.7. The average Bonchev–Trinajstić information content (AvgIpc) is 3.55. The minimum Gasteiger partial charge on any atom is -0.459 e. The maximum atomic E-state index is 15.0. The molecule has 2 heterocycles. The van der Waals surface area contributed by atoms with Gasteiger partial charge in [0.1, 0.15) is 17.5 Å². The number of ether oxygens (including phenoxy) is 1. The van der Waals surface area contributed by atoms with Crippen molar-refractivity contribution in [1.29, 1.82) is 0 Å². The lowest BCUT2D eigenvalue weighted by molar-refractivity contribution is -0.162. The van der Waals surface area contributed by atoms with Gasteiger partial charge in [0, 0.05) is 31.4 Å². The van der Waals surface area contributed by atoms with E-state index >= 15 is 4.39 Å². The van der Waals surface area contributed by atoms with Crippen LogP contribution in [0.3, 0.4) is 0 Å². The molecule has 0 fully saturated rings. The molecule has 9 nitrogen and oxygen atoms in total. The number of aromatic nitrogens is 2. The number of halogens is 2.